The molecule has 1 heterocycles. The number of aromatic nitrogens is 1. The molecule has 1 amide bonds. The van der Waals surface area contributed by atoms with Gasteiger partial charge in [-0.25, -0.2) is 13.4 Å². The standard InChI is InChI=1S/C23H19N5O4S2/c1-15(29)21(22(30)25-20-8-4-6-16-5-2-3-7-19(16)20)27-26-17-9-11-18(12-10-17)34(31,32)28-23-24-13-14-33-23/h2-14,21H,1H3,(H,24,28)(H,25,30)/t21-/m1/s1. The summed E-state index contributed by atoms with van der Waals surface area (Å²) in [5.41, 5.74) is 0.851. The molecule has 11 heteroatoms. The van der Waals surface area contributed by atoms with E-state index in [4.69, 9.17) is 0 Å². The highest BCUT2D eigenvalue weighted by atomic mass is 32.2. The van der Waals surface area contributed by atoms with E-state index in [1.807, 2.05) is 30.3 Å². The zero-order valence-electron chi connectivity index (χ0n) is 17.9. The smallest absolute Gasteiger partial charge is 0.263 e. The van der Waals surface area contributed by atoms with Crippen LogP contribution in [0.15, 0.2) is 93.4 Å². The second kappa shape index (κ2) is 9.89. The number of nitrogens with zero attached hydrogens (tertiary/aromatic N) is 3. The van der Waals surface area contributed by atoms with E-state index in [9.17, 15) is 18.0 Å². The summed E-state index contributed by atoms with van der Waals surface area (Å²) in [6.45, 7) is 1.26. The number of anilines is 2. The van der Waals surface area contributed by atoms with E-state index < -0.39 is 27.8 Å². The third-order valence-corrected chi connectivity index (χ3v) is 6.94. The SMILES string of the molecule is CC(=O)[C@@H](N=Nc1ccc(S(=O)(=O)Nc2nccs2)cc1)C(=O)Nc1cccc2ccccc12. The first kappa shape index (κ1) is 23.2. The molecule has 0 bridgehead atoms. The van der Waals surface area contributed by atoms with Gasteiger partial charge in [0.05, 0.1) is 10.6 Å². The van der Waals surface area contributed by atoms with E-state index >= 15 is 0 Å². The van der Waals surface area contributed by atoms with Crippen LogP contribution in [0.1, 0.15) is 6.92 Å². The maximum Gasteiger partial charge on any atom is 0.263 e. The third kappa shape index (κ3) is 5.33. The predicted molar refractivity (Wildman–Crippen MR) is 131 cm³/mol. The van der Waals surface area contributed by atoms with Crippen LogP contribution >= 0.6 is 11.3 Å². The van der Waals surface area contributed by atoms with E-state index in [1.54, 1.807) is 17.5 Å². The highest BCUT2D eigenvalue weighted by molar-refractivity contribution is 7.93. The highest BCUT2D eigenvalue weighted by Crippen LogP contribution is 2.24. The van der Waals surface area contributed by atoms with Crippen LogP contribution in [0.25, 0.3) is 10.8 Å². The van der Waals surface area contributed by atoms with Crippen LogP contribution in [-0.2, 0) is 19.6 Å². The molecule has 1 atom stereocenters. The Hall–Kier alpha value is -3.96. The molecule has 2 N–H and O–H groups in total. The summed E-state index contributed by atoms with van der Waals surface area (Å²) in [6.07, 6.45) is 1.49. The molecule has 4 rings (SSSR count). The van der Waals surface area contributed by atoms with Crippen LogP contribution in [0.3, 0.4) is 0 Å². The number of azo groups is 1. The number of benzene rings is 3. The Balaban J connectivity index is 1.49. The second-order valence-corrected chi connectivity index (χ2v) is 9.76. The van der Waals surface area contributed by atoms with Crippen molar-refractivity contribution in [3.8, 4) is 0 Å². The Kier molecular flexibility index (Phi) is 6.75. The predicted octanol–water partition coefficient (Wildman–Crippen LogP) is 4.78. The minimum Gasteiger partial charge on any atom is -0.323 e. The van der Waals surface area contributed by atoms with Crippen molar-refractivity contribution in [1.29, 1.82) is 0 Å². The van der Waals surface area contributed by atoms with Crippen LogP contribution in [0.5, 0.6) is 0 Å². The molecule has 0 saturated heterocycles. The van der Waals surface area contributed by atoms with Gasteiger partial charge >= 0.3 is 0 Å². The molecular weight excluding hydrogens is 474 g/mol. The van der Waals surface area contributed by atoms with Crippen molar-refractivity contribution in [2.75, 3.05) is 10.0 Å². The van der Waals surface area contributed by atoms with Crippen LogP contribution in [0.4, 0.5) is 16.5 Å². The largest absolute Gasteiger partial charge is 0.323 e. The Morgan fingerprint density at radius 2 is 1.74 bits per heavy atom. The molecule has 1 aromatic heterocycles. The number of hydrogen-bond acceptors (Lipinski definition) is 8. The number of amides is 1. The molecule has 0 spiro atoms. The number of hydrogen-bond donors (Lipinski definition) is 2. The lowest BCUT2D eigenvalue weighted by Crippen LogP contribution is -2.31. The van der Waals surface area contributed by atoms with Gasteiger partial charge in [-0.1, -0.05) is 36.4 Å². The fourth-order valence-corrected chi connectivity index (χ4v) is 4.91. The molecule has 0 radical (unpaired) electrons. The number of nitrogens with one attached hydrogen (secondary N) is 2. The number of ketones is 1. The van der Waals surface area contributed by atoms with Gasteiger partial charge in [-0.2, -0.15) is 10.2 Å². The van der Waals surface area contributed by atoms with E-state index in [0.29, 0.717) is 5.69 Å². The molecule has 34 heavy (non-hydrogen) atoms. The zero-order valence-corrected chi connectivity index (χ0v) is 19.5. The minimum absolute atomic E-state index is 0.0125. The van der Waals surface area contributed by atoms with Crippen molar-refractivity contribution in [3.05, 3.63) is 78.3 Å². The van der Waals surface area contributed by atoms with Crippen molar-refractivity contribution in [1.82, 2.24) is 4.98 Å². The van der Waals surface area contributed by atoms with Crippen LogP contribution < -0.4 is 10.0 Å². The Bertz CT molecular complexity index is 1460. The lowest BCUT2D eigenvalue weighted by Gasteiger charge is -2.11. The van der Waals surface area contributed by atoms with E-state index in [2.05, 4.69) is 25.3 Å². The van der Waals surface area contributed by atoms with E-state index in [1.165, 1.54) is 37.4 Å². The molecule has 0 aliphatic heterocycles. The first-order valence-corrected chi connectivity index (χ1v) is 12.4. The number of rotatable bonds is 8. The second-order valence-electron chi connectivity index (χ2n) is 7.18. The average Bonchev–Trinajstić information content (AvgIpc) is 3.32. The normalized spacial score (nSPS) is 12.5. The van der Waals surface area contributed by atoms with Gasteiger partial charge < -0.3 is 5.32 Å². The van der Waals surface area contributed by atoms with Crippen LogP contribution in [0.2, 0.25) is 0 Å². The summed E-state index contributed by atoms with van der Waals surface area (Å²) >= 11 is 1.16. The number of fused-ring (bicyclic) bond motifs is 1. The molecule has 0 saturated carbocycles. The lowest BCUT2D eigenvalue weighted by molar-refractivity contribution is -0.126. The number of sulfonamides is 1. The highest BCUT2D eigenvalue weighted by Gasteiger charge is 2.24. The van der Waals surface area contributed by atoms with Crippen LogP contribution in [-0.4, -0.2) is 31.1 Å². The van der Waals surface area contributed by atoms with Crippen molar-refractivity contribution >= 4 is 60.3 Å². The van der Waals surface area contributed by atoms with Crippen molar-refractivity contribution in [2.24, 2.45) is 10.2 Å². The quantitative estimate of drug-likeness (QED) is 0.270. The van der Waals surface area contributed by atoms with Gasteiger partial charge in [0.25, 0.3) is 15.9 Å². The Labute approximate surface area is 199 Å². The molecule has 4 aromatic rings. The number of thiazole rings is 1. The molecular formula is C23H19N5O4S2. The lowest BCUT2D eigenvalue weighted by atomic mass is 10.1. The van der Waals surface area contributed by atoms with Gasteiger partial charge in [0.15, 0.2) is 10.9 Å². The molecule has 3 aromatic carbocycles. The van der Waals surface area contributed by atoms with Gasteiger partial charge in [0, 0.05) is 22.7 Å². The molecule has 0 fully saturated rings. The third-order valence-electron chi connectivity index (χ3n) is 4.77. The average molecular weight is 494 g/mol. The summed E-state index contributed by atoms with van der Waals surface area (Å²) < 4.78 is 27.2. The van der Waals surface area contributed by atoms with Crippen molar-refractivity contribution in [3.63, 3.8) is 0 Å². The van der Waals surface area contributed by atoms with Gasteiger partial charge in [0.2, 0.25) is 6.04 Å². The summed E-state index contributed by atoms with van der Waals surface area (Å²) in [7, 11) is -3.80. The number of carbonyl (C=O) groups is 2. The monoisotopic (exact) mass is 493 g/mol. The molecule has 0 aliphatic carbocycles. The van der Waals surface area contributed by atoms with Crippen molar-refractivity contribution < 1.29 is 18.0 Å². The van der Waals surface area contributed by atoms with Gasteiger partial charge in [-0.05, 0) is 42.6 Å². The maximum absolute atomic E-state index is 12.8. The number of carbonyl (C=O) groups excluding carboxylic acids is 2. The van der Waals surface area contributed by atoms with Crippen LogP contribution in [0, 0.1) is 0 Å². The van der Waals surface area contributed by atoms with Gasteiger partial charge in [-0.15, -0.1) is 11.3 Å². The maximum atomic E-state index is 12.8. The summed E-state index contributed by atoms with van der Waals surface area (Å²) in [6, 6.07) is 17.2. The Morgan fingerprint density at radius 1 is 1.00 bits per heavy atom. The summed E-state index contributed by atoms with van der Waals surface area (Å²) in [4.78, 5) is 28.8. The van der Waals surface area contributed by atoms with Crippen molar-refractivity contribution in [2.45, 2.75) is 17.9 Å². The molecule has 172 valence electrons. The minimum atomic E-state index is -3.80. The Morgan fingerprint density at radius 3 is 2.44 bits per heavy atom. The van der Waals surface area contributed by atoms with E-state index in [0.717, 1.165) is 22.1 Å². The first-order valence-electron chi connectivity index (χ1n) is 10.1. The first-order chi connectivity index (χ1) is 16.3. The fourth-order valence-electron chi connectivity index (χ4n) is 3.12. The molecule has 0 aliphatic rings. The summed E-state index contributed by atoms with van der Waals surface area (Å²) in [5, 5.41) is 14.3. The van der Waals surface area contributed by atoms with Gasteiger partial charge in [0.1, 0.15) is 0 Å². The number of Topliss-reactive ketones (excluding diaryl/α,β-unsaturated/α-hetero) is 1. The zero-order chi connectivity index (χ0) is 24.1. The van der Waals surface area contributed by atoms with E-state index in [-0.39, 0.29) is 15.7 Å². The summed E-state index contributed by atoms with van der Waals surface area (Å²) in [5.74, 6) is -1.09. The fraction of sp³-hybridized carbons (Fsp3) is 0.0870. The topological polar surface area (TPSA) is 130 Å². The molecule has 0 unspecified atom stereocenters. The molecule has 9 nitrogen and oxygen atoms in total. The van der Waals surface area contributed by atoms with Gasteiger partial charge in [-0.3, -0.25) is 14.3 Å².